The van der Waals surface area contributed by atoms with Crippen molar-refractivity contribution in [3.05, 3.63) is 29.6 Å². The summed E-state index contributed by atoms with van der Waals surface area (Å²) >= 11 is 0. The molecule has 0 radical (unpaired) electrons. The van der Waals surface area contributed by atoms with E-state index in [1.165, 1.54) is 0 Å². The van der Waals surface area contributed by atoms with Crippen molar-refractivity contribution < 1.29 is 19.8 Å². The van der Waals surface area contributed by atoms with Gasteiger partial charge in [0.25, 0.3) is 0 Å². The quantitative estimate of drug-likeness (QED) is 0.424. The van der Waals surface area contributed by atoms with Gasteiger partial charge in [-0.3, -0.25) is 14.6 Å². The van der Waals surface area contributed by atoms with Gasteiger partial charge in [0.1, 0.15) is 0 Å². The summed E-state index contributed by atoms with van der Waals surface area (Å²) in [6.45, 7) is 9.36. The molecule has 2 unspecified atom stereocenters. The lowest BCUT2D eigenvalue weighted by molar-refractivity contribution is -0.123. The number of aliphatic hydroxyl groups excluding tert-OH is 2. The van der Waals surface area contributed by atoms with E-state index in [1.54, 1.807) is 25.3 Å². The number of pyridine rings is 1. The molecule has 7 nitrogen and oxygen atoms in total. The Morgan fingerprint density at radius 1 is 1.18 bits per heavy atom. The zero-order valence-electron chi connectivity index (χ0n) is 17.6. The summed E-state index contributed by atoms with van der Waals surface area (Å²) in [6.07, 6.45) is 0.536. The third kappa shape index (κ3) is 6.09. The van der Waals surface area contributed by atoms with Crippen LogP contribution in [0.15, 0.2) is 18.3 Å². The van der Waals surface area contributed by atoms with Crippen molar-refractivity contribution in [2.45, 2.75) is 72.3 Å². The standard InChI is InChI=1S/C21H35N3O4/c1-6-13(5)18(22)21(28)24-11-15-14(9-8-10-23-15)19(26)17(12(3)4)20(27)16(25)7-2/h8-10,12-13,16-18,20,25,27H,6-7,11,22H2,1-5H3,(H,24,28)/t13-,16-,17?,18-,20?/m1/s1. The predicted molar refractivity (Wildman–Crippen MR) is 108 cm³/mol. The first-order valence-electron chi connectivity index (χ1n) is 10.0. The number of nitrogens with two attached hydrogens (primary N) is 1. The van der Waals surface area contributed by atoms with Crippen LogP contribution in [0.3, 0.4) is 0 Å². The Labute approximate surface area is 167 Å². The highest BCUT2D eigenvalue weighted by Crippen LogP contribution is 2.25. The maximum Gasteiger partial charge on any atom is 0.237 e. The summed E-state index contributed by atoms with van der Waals surface area (Å²) in [4.78, 5) is 29.6. The van der Waals surface area contributed by atoms with Crippen LogP contribution in [0, 0.1) is 17.8 Å². The van der Waals surface area contributed by atoms with Crippen LogP contribution in [-0.2, 0) is 11.3 Å². The maximum absolute atomic E-state index is 13.2. The summed E-state index contributed by atoms with van der Waals surface area (Å²) in [5.41, 5.74) is 6.70. The lowest BCUT2D eigenvalue weighted by Gasteiger charge is -2.28. The molecule has 1 aromatic heterocycles. The Hall–Kier alpha value is -1.83. The first-order valence-corrected chi connectivity index (χ1v) is 10.0. The summed E-state index contributed by atoms with van der Waals surface area (Å²) in [5, 5.41) is 23.3. The topological polar surface area (TPSA) is 126 Å². The number of nitrogens with one attached hydrogen (secondary N) is 1. The van der Waals surface area contributed by atoms with Gasteiger partial charge in [0, 0.05) is 11.8 Å². The Morgan fingerprint density at radius 3 is 2.36 bits per heavy atom. The highest BCUT2D eigenvalue weighted by Gasteiger charge is 2.35. The molecule has 0 fully saturated rings. The van der Waals surface area contributed by atoms with Gasteiger partial charge < -0.3 is 21.3 Å². The molecular weight excluding hydrogens is 358 g/mol. The van der Waals surface area contributed by atoms with Gasteiger partial charge in [0.05, 0.1) is 36.4 Å². The van der Waals surface area contributed by atoms with Crippen molar-refractivity contribution >= 4 is 11.7 Å². The van der Waals surface area contributed by atoms with E-state index in [9.17, 15) is 19.8 Å². The van der Waals surface area contributed by atoms with Crippen LogP contribution in [0.25, 0.3) is 0 Å². The lowest BCUT2D eigenvalue weighted by atomic mass is 9.80. The van der Waals surface area contributed by atoms with Gasteiger partial charge in [-0.15, -0.1) is 0 Å². The predicted octanol–water partition coefficient (Wildman–Crippen LogP) is 1.66. The van der Waals surface area contributed by atoms with Crippen LogP contribution >= 0.6 is 0 Å². The second-order valence-electron chi connectivity index (χ2n) is 7.73. The van der Waals surface area contributed by atoms with Gasteiger partial charge in [0.2, 0.25) is 5.91 Å². The summed E-state index contributed by atoms with van der Waals surface area (Å²) in [5.74, 6) is -1.49. The van der Waals surface area contributed by atoms with Gasteiger partial charge >= 0.3 is 0 Å². The summed E-state index contributed by atoms with van der Waals surface area (Å²) < 4.78 is 0. The van der Waals surface area contributed by atoms with E-state index < -0.39 is 24.2 Å². The molecule has 1 rings (SSSR count). The van der Waals surface area contributed by atoms with Gasteiger partial charge in [-0.25, -0.2) is 0 Å². The molecule has 0 aliphatic carbocycles. The van der Waals surface area contributed by atoms with Gasteiger partial charge in [-0.2, -0.15) is 0 Å². The van der Waals surface area contributed by atoms with E-state index >= 15 is 0 Å². The van der Waals surface area contributed by atoms with Crippen LogP contribution in [0.2, 0.25) is 0 Å². The number of amides is 1. The fourth-order valence-corrected chi connectivity index (χ4v) is 3.12. The molecule has 1 aromatic rings. The number of aromatic nitrogens is 1. The fraction of sp³-hybridized carbons (Fsp3) is 0.667. The minimum absolute atomic E-state index is 0.0424. The van der Waals surface area contributed by atoms with Crippen molar-refractivity contribution in [2.24, 2.45) is 23.5 Å². The monoisotopic (exact) mass is 393 g/mol. The van der Waals surface area contributed by atoms with E-state index in [0.29, 0.717) is 17.7 Å². The first-order chi connectivity index (χ1) is 13.1. The molecule has 0 saturated carbocycles. The number of Topliss-reactive ketones (excluding diaryl/α,β-unsaturated/α-hetero) is 1. The molecule has 1 heterocycles. The Balaban J connectivity index is 3.03. The molecule has 0 aliphatic heterocycles. The molecule has 1 amide bonds. The Morgan fingerprint density at radius 2 is 1.82 bits per heavy atom. The lowest BCUT2D eigenvalue weighted by Crippen LogP contribution is -2.44. The average Bonchev–Trinajstić information content (AvgIpc) is 2.69. The number of carbonyl (C=O) groups is 2. The van der Waals surface area contributed by atoms with Crippen molar-refractivity contribution in [2.75, 3.05) is 0 Å². The van der Waals surface area contributed by atoms with Crippen LogP contribution in [-0.4, -0.2) is 45.1 Å². The minimum Gasteiger partial charge on any atom is -0.390 e. The number of aliphatic hydroxyl groups is 2. The Kier molecular flexibility index (Phi) is 9.72. The van der Waals surface area contributed by atoms with E-state index in [2.05, 4.69) is 10.3 Å². The number of ketones is 1. The fourth-order valence-electron chi connectivity index (χ4n) is 3.12. The number of carbonyl (C=O) groups excluding carboxylic acids is 2. The Bertz CT molecular complexity index is 650. The molecule has 5 atom stereocenters. The smallest absolute Gasteiger partial charge is 0.237 e. The van der Waals surface area contributed by atoms with Crippen molar-refractivity contribution in [3.8, 4) is 0 Å². The minimum atomic E-state index is -1.17. The normalized spacial score (nSPS) is 16.9. The van der Waals surface area contributed by atoms with Crippen LogP contribution in [0.5, 0.6) is 0 Å². The molecule has 0 aliphatic rings. The van der Waals surface area contributed by atoms with Crippen LogP contribution in [0.1, 0.15) is 63.5 Å². The zero-order chi connectivity index (χ0) is 21.4. The molecule has 0 aromatic carbocycles. The number of rotatable bonds is 11. The molecule has 28 heavy (non-hydrogen) atoms. The van der Waals surface area contributed by atoms with Gasteiger partial charge in [-0.1, -0.05) is 41.0 Å². The second kappa shape index (κ2) is 11.2. The van der Waals surface area contributed by atoms with Crippen molar-refractivity contribution in [1.82, 2.24) is 10.3 Å². The highest BCUT2D eigenvalue weighted by atomic mass is 16.3. The van der Waals surface area contributed by atoms with Crippen molar-refractivity contribution in [3.63, 3.8) is 0 Å². The maximum atomic E-state index is 13.2. The first kappa shape index (κ1) is 24.2. The van der Waals surface area contributed by atoms with Crippen molar-refractivity contribution in [1.29, 1.82) is 0 Å². The zero-order valence-corrected chi connectivity index (χ0v) is 17.6. The molecular formula is C21H35N3O4. The molecule has 0 spiro atoms. The molecule has 0 saturated heterocycles. The van der Waals surface area contributed by atoms with Gasteiger partial charge in [-0.05, 0) is 30.4 Å². The average molecular weight is 394 g/mol. The number of nitrogens with zero attached hydrogens (tertiary/aromatic N) is 1. The third-order valence-electron chi connectivity index (χ3n) is 5.35. The SMILES string of the molecule is CC[C@@H](O)C(O)C(C(=O)c1cccnc1CNC(=O)[C@H](N)[C@H](C)CC)C(C)C. The van der Waals surface area contributed by atoms with E-state index in [-0.39, 0.29) is 30.1 Å². The number of hydrogen-bond donors (Lipinski definition) is 4. The molecule has 158 valence electrons. The van der Waals surface area contributed by atoms with E-state index in [4.69, 9.17) is 5.73 Å². The van der Waals surface area contributed by atoms with Crippen LogP contribution in [0.4, 0.5) is 0 Å². The largest absolute Gasteiger partial charge is 0.390 e. The van der Waals surface area contributed by atoms with E-state index in [0.717, 1.165) is 6.42 Å². The molecule has 5 N–H and O–H groups in total. The van der Waals surface area contributed by atoms with Crippen LogP contribution < -0.4 is 11.1 Å². The van der Waals surface area contributed by atoms with E-state index in [1.807, 2.05) is 27.7 Å². The van der Waals surface area contributed by atoms with Gasteiger partial charge in [0.15, 0.2) is 5.78 Å². The molecule has 0 bridgehead atoms. The number of hydrogen-bond acceptors (Lipinski definition) is 6. The summed E-state index contributed by atoms with van der Waals surface area (Å²) in [7, 11) is 0. The third-order valence-corrected chi connectivity index (χ3v) is 5.35. The highest BCUT2D eigenvalue weighted by molar-refractivity contribution is 5.99. The summed E-state index contributed by atoms with van der Waals surface area (Å²) in [6, 6.07) is 2.65. The molecule has 7 heteroatoms. The second-order valence-corrected chi connectivity index (χ2v) is 7.73.